The van der Waals surface area contributed by atoms with E-state index in [0.717, 1.165) is 18.0 Å². The minimum atomic E-state index is -0.158. The maximum atomic E-state index is 12.0. The molecule has 20 heavy (non-hydrogen) atoms. The monoisotopic (exact) mass is 272 g/mol. The lowest BCUT2D eigenvalue weighted by molar-refractivity contribution is 0.102. The normalized spacial score (nSPS) is 12.2. The van der Waals surface area contributed by atoms with Crippen molar-refractivity contribution in [3.63, 3.8) is 0 Å². The van der Waals surface area contributed by atoms with Crippen molar-refractivity contribution in [3.8, 4) is 0 Å². The molecule has 1 aromatic carbocycles. The number of anilines is 1. The summed E-state index contributed by atoms with van der Waals surface area (Å²) < 4.78 is 5.13. The van der Waals surface area contributed by atoms with Gasteiger partial charge in [0.25, 0.3) is 5.91 Å². The van der Waals surface area contributed by atoms with Crippen molar-refractivity contribution in [2.45, 2.75) is 26.8 Å². The molecule has 0 aliphatic rings. The topological polar surface area (TPSA) is 54.3 Å². The molecule has 1 unspecified atom stereocenters. The molecule has 0 spiro atoms. The van der Waals surface area contributed by atoms with E-state index < -0.39 is 0 Å². The van der Waals surface area contributed by atoms with Crippen LogP contribution in [0, 0.1) is 6.92 Å². The molecule has 2 N–H and O–H groups in total. The largest absolute Gasteiger partial charge is 0.469 e. The molecule has 1 amide bonds. The first-order chi connectivity index (χ1) is 9.60. The van der Waals surface area contributed by atoms with E-state index >= 15 is 0 Å². The Morgan fingerprint density at radius 1 is 1.30 bits per heavy atom. The summed E-state index contributed by atoms with van der Waals surface area (Å²) in [7, 11) is 0. The van der Waals surface area contributed by atoms with Gasteiger partial charge in [0.15, 0.2) is 0 Å². The molecule has 1 heterocycles. The Labute approximate surface area is 119 Å². The molecule has 0 radical (unpaired) electrons. The van der Waals surface area contributed by atoms with Gasteiger partial charge in [0.2, 0.25) is 0 Å². The van der Waals surface area contributed by atoms with Gasteiger partial charge in [-0.1, -0.05) is 19.1 Å². The van der Waals surface area contributed by atoms with Crippen LogP contribution in [0.4, 0.5) is 5.69 Å². The highest BCUT2D eigenvalue weighted by atomic mass is 16.3. The standard InChI is InChI=1S/C16H20N2O2/c1-4-17-12(3)13-5-7-15(8-6-13)18-16(19)14-9-11(2)20-10-14/h5-10,12,17H,4H2,1-3H3,(H,18,19). The van der Waals surface area contributed by atoms with Crippen LogP contribution in [0.2, 0.25) is 0 Å². The van der Waals surface area contributed by atoms with Crippen molar-refractivity contribution in [3.05, 3.63) is 53.5 Å². The average Bonchev–Trinajstić information content (AvgIpc) is 2.86. The van der Waals surface area contributed by atoms with Gasteiger partial charge in [0, 0.05) is 11.7 Å². The molecule has 0 aliphatic heterocycles. The summed E-state index contributed by atoms with van der Waals surface area (Å²) in [6.45, 7) is 6.94. The molecule has 0 saturated heterocycles. The number of carbonyl (C=O) groups is 1. The first-order valence-corrected chi connectivity index (χ1v) is 6.80. The van der Waals surface area contributed by atoms with E-state index in [0.29, 0.717) is 11.6 Å². The number of benzene rings is 1. The Hall–Kier alpha value is -2.07. The van der Waals surface area contributed by atoms with Crippen molar-refractivity contribution in [2.24, 2.45) is 0 Å². The molecule has 106 valence electrons. The predicted octanol–water partition coefficient (Wildman–Crippen LogP) is 3.51. The van der Waals surface area contributed by atoms with Crippen LogP contribution in [0.25, 0.3) is 0 Å². The van der Waals surface area contributed by atoms with Gasteiger partial charge in [-0.2, -0.15) is 0 Å². The molecular formula is C16H20N2O2. The van der Waals surface area contributed by atoms with Crippen LogP contribution in [0.15, 0.2) is 41.0 Å². The molecule has 0 fully saturated rings. The molecule has 4 heteroatoms. The van der Waals surface area contributed by atoms with Crippen LogP contribution in [-0.4, -0.2) is 12.5 Å². The van der Waals surface area contributed by atoms with E-state index in [4.69, 9.17) is 4.42 Å². The zero-order valence-electron chi connectivity index (χ0n) is 12.1. The van der Waals surface area contributed by atoms with Gasteiger partial charge < -0.3 is 15.1 Å². The lowest BCUT2D eigenvalue weighted by Gasteiger charge is -2.13. The predicted molar refractivity (Wildman–Crippen MR) is 79.9 cm³/mol. The number of hydrogen-bond donors (Lipinski definition) is 2. The van der Waals surface area contributed by atoms with E-state index in [-0.39, 0.29) is 5.91 Å². The van der Waals surface area contributed by atoms with Gasteiger partial charge in [0.05, 0.1) is 5.56 Å². The number of furan rings is 1. The summed E-state index contributed by atoms with van der Waals surface area (Å²) in [4.78, 5) is 12.0. The van der Waals surface area contributed by atoms with Gasteiger partial charge in [-0.25, -0.2) is 0 Å². The highest BCUT2D eigenvalue weighted by Gasteiger charge is 2.09. The Balaban J connectivity index is 2.02. The zero-order valence-corrected chi connectivity index (χ0v) is 12.1. The smallest absolute Gasteiger partial charge is 0.258 e. The molecule has 2 aromatic rings. The van der Waals surface area contributed by atoms with Gasteiger partial charge in [0.1, 0.15) is 12.0 Å². The van der Waals surface area contributed by atoms with Crippen LogP contribution in [0.5, 0.6) is 0 Å². The average molecular weight is 272 g/mol. The summed E-state index contributed by atoms with van der Waals surface area (Å²) in [5, 5.41) is 6.20. The second-order valence-electron chi connectivity index (χ2n) is 4.80. The number of aryl methyl sites for hydroxylation is 1. The Kier molecular flexibility index (Phi) is 4.58. The zero-order chi connectivity index (χ0) is 14.5. The minimum absolute atomic E-state index is 0.158. The van der Waals surface area contributed by atoms with E-state index in [2.05, 4.69) is 24.5 Å². The molecule has 0 bridgehead atoms. The number of rotatable bonds is 5. The van der Waals surface area contributed by atoms with Gasteiger partial charge in [-0.3, -0.25) is 4.79 Å². The van der Waals surface area contributed by atoms with Crippen molar-refractivity contribution in [1.82, 2.24) is 5.32 Å². The molecule has 1 atom stereocenters. The molecule has 2 rings (SSSR count). The highest BCUT2D eigenvalue weighted by molar-refractivity contribution is 6.04. The second kappa shape index (κ2) is 6.39. The third-order valence-electron chi connectivity index (χ3n) is 3.17. The summed E-state index contributed by atoms with van der Waals surface area (Å²) in [5.74, 6) is 0.569. The van der Waals surface area contributed by atoms with Crippen molar-refractivity contribution < 1.29 is 9.21 Å². The maximum absolute atomic E-state index is 12.0. The quantitative estimate of drug-likeness (QED) is 0.875. The van der Waals surface area contributed by atoms with Crippen molar-refractivity contribution in [2.75, 3.05) is 11.9 Å². The first-order valence-electron chi connectivity index (χ1n) is 6.80. The van der Waals surface area contributed by atoms with Gasteiger partial charge in [-0.15, -0.1) is 0 Å². The van der Waals surface area contributed by atoms with Crippen LogP contribution in [-0.2, 0) is 0 Å². The maximum Gasteiger partial charge on any atom is 0.258 e. The third kappa shape index (κ3) is 3.48. The van der Waals surface area contributed by atoms with Crippen molar-refractivity contribution in [1.29, 1.82) is 0 Å². The number of carbonyl (C=O) groups excluding carboxylic acids is 1. The van der Waals surface area contributed by atoms with Crippen LogP contribution in [0.1, 0.15) is 41.6 Å². The fourth-order valence-corrected chi connectivity index (χ4v) is 2.04. The highest BCUT2D eigenvalue weighted by Crippen LogP contribution is 2.17. The van der Waals surface area contributed by atoms with Crippen LogP contribution >= 0.6 is 0 Å². The van der Waals surface area contributed by atoms with Gasteiger partial charge >= 0.3 is 0 Å². The van der Waals surface area contributed by atoms with Crippen LogP contribution in [0.3, 0.4) is 0 Å². The second-order valence-corrected chi connectivity index (χ2v) is 4.80. The number of nitrogens with one attached hydrogen (secondary N) is 2. The number of hydrogen-bond acceptors (Lipinski definition) is 3. The Bertz CT molecular complexity index is 572. The lowest BCUT2D eigenvalue weighted by atomic mass is 10.1. The molecule has 4 nitrogen and oxygen atoms in total. The third-order valence-corrected chi connectivity index (χ3v) is 3.17. The van der Waals surface area contributed by atoms with Gasteiger partial charge in [-0.05, 0) is 44.2 Å². The summed E-state index contributed by atoms with van der Waals surface area (Å²) in [5.41, 5.74) is 2.51. The fraction of sp³-hybridized carbons (Fsp3) is 0.312. The van der Waals surface area contributed by atoms with E-state index in [9.17, 15) is 4.79 Å². The fourth-order valence-electron chi connectivity index (χ4n) is 2.04. The minimum Gasteiger partial charge on any atom is -0.469 e. The van der Waals surface area contributed by atoms with E-state index in [1.807, 2.05) is 31.2 Å². The molecule has 1 aromatic heterocycles. The summed E-state index contributed by atoms with van der Waals surface area (Å²) >= 11 is 0. The summed E-state index contributed by atoms with van der Waals surface area (Å²) in [6, 6.07) is 9.88. The Morgan fingerprint density at radius 2 is 2.00 bits per heavy atom. The van der Waals surface area contributed by atoms with E-state index in [1.165, 1.54) is 11.8 Å². The Morgan fingerprint density at radius 3 is 2.55 bits per heavy atom. The first kappa shape index (κ1) is 14.3. The molecular weight excluding hydrogens is 252 g/mol. The molecule has 0 saturated carbocycles. The molecule has 0 aliphatic carbocycles. The summed E-state index contributed by atoms with van der Waals surface area (Å²) in [6.07, 6.45) is 1.46. The van der Waals surface area contributed by atoms with Crippen molar-refractivity contribution >= 4 is 11.6 Å². The SMILES string of the molecule is CCNC(C)c1ccc(NC(=O)c2coc(C)c2)cc1. The van der Waals surface area contributed by atoms with E-state index in [1.54, 1.807) is 6.07 Å². The lowest BCUT2D eigenvalue weighted by Crippen LogP contribution is -2.17. The van der Waals surface area contributed by atoms with Crippen LogP contribution < -0.4 is 10.6 Å². The number of amides is 1.